The van der Waals surface area contributed by atoms with Crippen LogP contribution in [-0.4, -0.2) is 24.5 Å². The normalized spacial score (nSPS) is 28.0. The molecule has 1 aromatic carbocycles. The summed E-state index contributed by atoms with van der Waals surface area (Å²) in [7, 11) is 0. The smallest absolute Gasteiger partial charge is 0.0316 e. The molecule has 1 aliphatic heterocycles. The van der Waals surface area contributed by atoms with Crippen LogP contribution in [0.1, 0.15) is 37.7 Å². The van der Waals surface area contributed by atoms with Gasteiger partial charge in [-0.05, 0) is 55.3 Å². The summed E-state index contributed by atoms with van der Waals surface area (Å²) in [6.45, 7) is 3.85. The van der Waals surface area contributed by atoms with Gasteiger partial charge in [0.2, 0.25) is 0 Å². The Labute approximate surface area is 117 Å². The van der Waals surface area contributed by atoms with Crippen molar-refractivity contribution in [3.8, 4) is 0 Å². The lowest BCUT2D eigenvalue weighted by atomic mass is 9.75. The van der Waals surface area contributed by atoms with Gasteiger partial charge in [-0.15, -0.1) is 0 Å². The lowest BCUT2D eigenvalue weighted by molar-refractivity contribution is 0.0878. The van der Waals surface area contributed by atoms with E-state index in [2.05, 4.69) is 23.1 Å². The Morgan fingerprint density at radius 3 is 2.79 bits per heavy atom. The van der Waals surface area contributed by atoms with Crippen LogP contribution < -0.4 is 5.73 Å². The molecule has 2 N–H and O–H groups in total. The van der Waals surface area contributed by atoms with Gasteiger partial charge in [-0.2, -0.15) is 0 Å². The Kier molecular flexibility index (Phi) is 4.07. The molecule has 1 aliphatic carbocycles. The van der Waals surface area contributed by atoms with Crippen molar-refractivity contribution in [1.29, 1.82) is 0 Å². The fourth-order valence-electron chi connectivity index (χ4n) is 3.92. The van der Waals surface area contributed by atoms with Gasteiger partial charge in [0.1, 0.15) is 0 Å². The third-order valence-electron chi connectivity index (χ3n) is 5.04. The number of fused-ring (bicyclic) bond motifs is 1. The van der Waals surface area contributed by atoms with Gasteiger partial charge < -0.3 is 10.6 Å². The molecular weight excluding hydrogens is 232 g/mol. The summed E-state index contributed by atoms with van der Waals surface area (Å²) in [6.07, 6.45) is 8.48. The first-order chi connectivity index (χ1) is 9.31. The standard InChI is InChI=1S/C17H26N2/c18-17-7-3-4-14(12-17)8-10-19-11-9-15-5-1-2-6-16(15)13-19/h3-4,7,12,15-16H,1-2,5-6,8-11,13,18H2/t15-,16-/m1/s1. The predicted molar refractivity (Wildman–Crippen MR) is 81.1 cm³/mol. The van der Waals surface area contributed by atoms with Crippen LogP contribution in [0.15, 0.2) is 24.3 Å². The zero-order valence-corrected chi connectivity index (χ0v) is 11.9. The Morgan fingerprint density at radius 1 is 1.11 bits per heavy atom. The summed E-state index contributed by atoms with van der Waals surface area (Å²) in [6, 6.07) is 8.35. The van der Waals surface area contributed by atoms with Crippen molar-refractivity contribution in [1.82, 2.24) is 4.90 Å². The van der Waals surface area contributed by atoms with E-state index in [1.54, 1.807) is 0 Å². The van der Waals surface area contributed by atoms with Gasteiger partial charge in [-0.25, -0.2) is 0 Å². The van der Waals surface area contributed by atoms with Crippen LogP contribution in [0.3, 0.4) is 0 Å². The maximum atomic E-state index is 5.84. The zero-order valence-electron chi connectivity index (χ0n) is 11.9. The lowest BCUT2D eigenvalue weighted by Gasteiger charge is -2.41. The van der Waals surface area contributed by atoms with E-state index in [9.17, 15) is 0 Å². The predicted octanol–water partition coefficient (Wildman–Crippen LogP) is 3.32. The maximum absolute atomic E-state index is 5.84. The van der Waals surface area contributed by atoms with Crippen LogP contribution in [0.5, 0.6) is 0 Å². The van der Waals surface area contributed by atoms with Gasteiger partial charge >= 0.3 is 0 Å². The third kappa shape index (κ3) is 3.30. The number of hydrogen-bond donors (Lipinski definition) is 1. The van der Waals surface area contributed by atoms with Gasteiger partial charge in [-0.1, -0.05) is 31.4 Å². The highest BCUT2D eigenvalue weighted by Gasteiger charge is 2.30. The van der Waals surface area contributed by atoms with Crippen molar-refractivity contribution in [3.05, 3.63) is 29.8 Å². The number of nitrogen functional groups attached to an aromatic ring is 1. The Bertz CT molecular complexity index is 415. The van der Waals surface area contributed by atoms with Gasteiger partial charge in [0.25, 0.3) is 0 Å². The van der Waals surface area contributed by atoms with Crippen molar-refractivity contribution >= 4 is 5.69 Å². The lowest BCUT2D eigenvalue weighted by Crippen LogP contribution is -2.42. The quantitative estimate of drug-likeness (QED) is 0.843. The molecular formula is C17H26N2. The molecule has 104 valence electrons. The third-order valence-corrected chi connectivity index (χ3v) is 5.04. The van der Waals surface area contributed by atoms with Crippen molar-refractivity contribution in [2.24, 2.45) is 11.8 Å². The first-order valence-corrected chi connectivity index (χ1v) is 7.88. The Hall–Kier alpha value is -1.02. The van der Waals surface area contributed by atoms with Crippen molar-refractivity contribution in [3.63, 3.8) is 0 Å². The minimum atomic E-state index is 0.892. The molecule has 0 spiro atoms. The molecule has 0 aromatic heterocycles. The summed E-state index contributed by atoms with van der Waals surface area (Å²) >= 11 is 0. The highest BCUT2D eigenvalue weighted by atomic mass is 15.1. The molecule has 0 amide bonds. The number of benzene rings is 1. The van der Waals surface area contributed by atoms with Crippen molar-refractivity contribution in [2.75, 3.05) is 25.4 Å². The van der Waals surface area contributed by atoms with Crippen LogP contribution in [0.4, 0.5) is 5.69 Å². The molecule has 2 atom stereocenters. The summed E-state index contributed by atoms with van der Waals surface area (Å²) in [5, 5.41) is 0. The van der Waals surface area contributed by atoms with E-state index in [0.717, 1.165) is 23.9 Å². The molecule has 2 heteroatoms. The summed E-state index contributed by atoms with van der Waals surface area (Å²) in [5.74, 6) is 2.03. The minimum Gasteiger partial charge on any atom is -0.399 e. The molecule has 1 saturated heterocycles. The van der Waals surface area contributed by atoms with Crippen molar-refractivity contribution < 1.29 is 0 Å². The number of likely N-dealkylation sites (tertiary alicyclic amines) is 1. The number of nitrogens with zero attached hydrogens (tertiary/aromatic N) is 1. The van der Waals surface area contributed by atoms with Gasteiger partial charge in [0.15, 0.2) is 0 Å². The molecule has 0 bridgehead atoms. The molecule has 2 fully saturated rings. The van der Waals surface area contributed by atoms with E-state index in [4.69, 9.17) is 5.73 Å². The second-order valence-electron chi connectivity index (χ2n) is 6.39. The second-order valence-corrected chi connectivity index (χ2v) is 6.39. The van der Waals surface area contributed by atoms with Crippen LogP contribution in [0, 0.1) is 11.8 Å². The molecule has 1 heterocycles. The average molecular weight is 258 g/mol. The van der Waals surface area contributed by atoms with E-state index >= 15 is 0 Å². The first kappa shape index (κ1) is 13.0. The minimum absolute atomic E-state index is 0.892. The average Bonchev–Trinajstić information content (AvgIpc) is 2.45. The first-order valence-electron chi connectivity index (χ1n) is 7.88. The fraction of sp³-hybridized carbons (Fsp3) is 0.647. The Morgan fingerprint density at radius 2 is 1.95 bits per heavy atom. The van der Waals surface area contributed by atoms with E-state index in [-0.39, 0.29) is 0 Å². The molecule has 3 rings (SSSR count). The number of piperidine rings is 1. The topological polar surface area (TPSA) is 29.3 Å². The fourth-order valence-corrected chi connectivity index (χ4v) is 3.92. The van der Waals surface area contributed by atoms with E-state index in [1.807, 2.05) is 6.07 Å². The molecule has 1 aromatic rings. The highest BCUT2D eigenvalue weighted by Crippen LogP contribution is 2.35. The number of anilines is 1. The van der Waals surface area contributed by atoms with E-state index in [0.29, 0.717) is 0 Å². The van der Waals surface area contributed by atoms with Crippen LogP contribution in [0.2, 0.25) is 0 Å². The maximum Gasteiger partial charge on any atom is 0.0316 e. The van der Waals surface area contributed by atoms with Crippen LogP contribution in [0.25, 0.3) is 0 Å². The van der Waals surface area contributed by atoms with E-state index in [1.165, 1.54) is 57.3 Å². The molecule has 19 heavy (non-hydrogen) atoms. The monoisotopic (exact) mass is 258 g/mol. The molecule has 0 radical (unpaired) electrons. The Balaban J connectivity index is 1.51. The van der Waals surface area contributed by atoms with Gasteiger partial charge in [0, 0.05) is 18.8 Å². The van der Waals surface area contributed by atoms with Crippen LogP contribution in [-0.2, 0) is 6.42 Å². The second kappa shape index (κ2) is 5.96. The molecule has 0 unspecified atom stereocenters. The zero-order chi connectivity index (χ0) is 13.1. The van der Waals surface area contributed by atoms with Gasteiger partial charge in [-0.3, -0.25) is 0 Å². The summed E-state index contributed by atoms with van der Waals surface area (Å²) < 4.78 is 0. The summed E-state index contributed by atoms with van der Waals surface area (Å²) in [4.78, 5) is 2.68. The highest BCUT2D eigenvalue weighted by molar-refractivity contribution is 5.40. The summed E-state index contributed by atoms with van der Waals surface area (Å²) in [5.41, 5.74) is 8.11. The van der Waals surface area contributed by atoms with Gasteiger partial charge in [0.05, 0.1) is 0 Å². The largest absolute Gasteiger partial charge is 0.399 e. The SMILES string of the molecule is Nc1cccc(CCN2CC[C@H]3CCCC[C@@H]3C2)c1. The number of hydrogen-bond acceptors (Lipinski definition) is 2. The molecule has 1 saturated carbocycles. The van der Waals surface area contributed by atoms with E-state index < -0.39 is 0 Å². The number of rotatable bonds is 3. The van der Waals surface area contributed by atoms with Crippen LogP contribution >= 0.6 is 0 Å². The number of nitrogens with two attached hydrogens (primary N) is 1. The van der Waals surface area contributed by atoms with Crippen molar-refractivity contribution in [2.45, 2.75) is 38.5 Å². The molecule has 2 aliphatic rings. The molecule has 2 nitrogen and oxygen atoms in total.